The molecule has 1 aromatic heterocycles. The molecule has 0 saturated carbocycles. The number of rotatable bonds is 6. The molecule has 0 bridgehead atoms. The lowest BCUT2D eigenvalue weighted by atomic mass is 9.95. The number of carbonyl (C=O) groups is 1. The van der Waals surface area contributed by atoms with E-state index >= 15 is 0 Å². The first-order chi connectivity index (χ1) is 12.6. The third-order valence-electron chi connectivity index (χ3n) is 4.69. The average molecular weight is 347 g/mol. The van der Waals surface area contributed by atoms with Crippen molar-refractivity contribution in [2.24, 2.45) is 5.92 Å². The minimum atomic E-state index is -0.190. The zero-order valence-corrected chi connectivity index (χ0v) is 15.5. The van der Waals surface area contributed by atoms with Gasteiger partial charge in [0.15, 0.2) is 0 Å². The molecule has 0 radical (unpaired) electrons. The Morgan fingerprint density at radius 2 is 1.65 bits per heavy atom. The smallest absolute Gasteiger partial charge is 0.231 e. The van der Waals surface area contributed by atoms with Crippen molar-refractivity contribution in [3.8, 4) is 0 Å². The lowest BCUT2D eigenvalue weighted by Gasteiger charge is -2.23. The van der Waals surface area contributed by atoms with Gasteiger partial charge in [0.2, 0.25) is 5.91 Å². The third kappa shape index (κ3) is 4.02. The van der Waals surface area contributed by atoms with Crippen molar-refractivity contribution >= 4 is 11.6 Å². The molecule has 0 saturated heterocycles. The van der Waals surface area contributed by atoms with E-state index in [-0.39, 0.29) is 17.9 Å². The first-order valence-corrected chi connectivity index (χ1v) is 8.99. The zero-order valence-electron chi connectivity index (χ0n) is 15.5. The number of anilines is 1. The van der Waals surface area contributed by atoms with Gasteiger partial charge in [-0.15, -0.1) is 0 Å². The van der Waals surface area contributed by atoms with Crippen LogP contribution in [0.3, 0.4) is 0 Å². The lowest BCUT2D eigenvalue weighted by Crippen LogP contribution is -2.19. The van der Waals surface area contributed by atoms with Crippen molar-refractivity contribution < 1.29 is 4.79 Å². The van der Waals surface area contributed by atoms with Crippen LogP contribution in [0.25, 0.3) is 0 Å². The summed E-state index contributed by atoms with van der Waals surface area (Å²) in [7, 11) is 0. The topological polar surface area (TPSA) is 46.9 Å². The molecule has 2 atom stereocenters. The Hall–Kier alpha value is -2.88. The molecule has 26 heavy (non-hydrogen) atoms. The normalized spacial score (nSPS) is 13.4. The number of imidazole rings is 1. The van der Waals surface area contributed by atoms with Crippen molar-refractivity contribution in [3.05, 3.63) is 84.4 Å². The molecule has 0 fully saturated rings. The molecule has 134 valence electrons. The van der Waals surface area contributed by atoms with Crippen LogP contribution in [0.2, 0.25) is 0 Å². The summed E-state index contributed by atoms with van der Waals surface area (Å²) in [6, 6.07) is 18.1. The summed E-state index contributed by atoms with van der Waals surface area (Å²) in [6.07, 6.45) is 5.64. The zero-order chi connectivity index (χ0) is 18.5. The molecule has 1 amide bonds. The molecular weight excluding hydrogens is 322 g/mol. The number of aromatic nitrogens is 2. The molecule has 4 heteroatoms. The minimum absolute atomic E-state index is 0.000954. The van der Waals surface area contributed by atoms with Crippen LogP contribution >= 0.6 is 0 Å². The van der Waals surface area contributed by atoms with Crippen LogP contribution in [0.5, 0.6) is 0 Å². The fourth-order valence-electron chi connectivity index (χ4n) is 3.24. The van der Waals surface area contributed by atoms with Gasteiger partial charge in [0.05, 0.1) is 18.3 Å². The van der Waals surface area contributed by atoms with E-state index in [1.807, 2.05) is 61.9 Å². The van der Waals surface area contributed by atoms with E-state index in [1.54, 1.807) is 6.20 Å². The maximum atomic E-state index is 12.5. The predicted octanol–water partition coefficient (Wildman–Crippen LogP) is 4.87. The van der Waals surface area contributed by atoms with Crippen LogP contribution in [0.4, 0.5) is 5.69 Å². The van der Waals surface area contributed by atoms with E-state index in [0.29, 0.717) is 5.92 Å². The predicted molar refractivity (Wildman–Crippen MR) is 105 cm³/mol. The number of nitrogens with one attached hydrogen (secondary N) is 1. The molecule has 0 aliphatic rings. The second kappa shape index (κ2) is 8.00. The van der Waals surface area contributed by atoms with Crippen LogP contribution in [-0.4, -0.2) is 15.5 Å². The van der Waals surface area contributed by atoms with E-state index in [4.69, 9.17) is 0 Å². The second-order valence-electron chi connectivity index (χ2n) is 6.94. The van der Waals surface area contributed by atoms with Gasteiger partial charge in [-0.3, -0.25) is 4.79 Å². The lowest BCUT2D eigenvalue weighted by molar-refractivity contribution is -0.117. The number of benzene rings is 2. The van der Waals surface area contributed by atoms with E-state index < -0.39 is 0 Å². The minimum Gasteiger partial charge on any atom is -0.330 e. The molecular formula is C22H25N3O. The monoisotopic (exact) mass is 347 g/mol. The molecule has 3 aromatic rings. The van der Waals surface area contributed by atoms with Crippen molar-refractivity contribution in [2.75, 3.05) is 5.32 Å². The standard InChI is InChI=1S/C22H25N3O/c1-16(2)21(25-14-13-23-15-25)19-9-11-20(12-10-19)24-22(26)17(3)18-7-5-4-6-8-18/h4-17,21H,1-3H3,(H,24,26). The van der Waals surface area contributed by atoms with Gasteiger partial charge in [-0.1, -0.05) is 56.3 Å². The highest BCUT2D eigenvalue weighted by atomic mass is 16.1. The summed E-state index contributed by atoms with van der Waals surface area (Å²) < 4.78 is 2.12. The van der Waals surface area contributed by atoms with Gasteiger partial charge in [-0.2, -0.15) is 0 Å². The highest BCUT2D eigenvalue weighted by Crippen LogP contribution is 2.27. The van der Waals surface area contributed by atoms with E-state index in [9.17, 15) is 4.79 Å². The van der Waals surface area contributed by atoms with Crippen LogP contribution in [0, 0.1) is 5.92 Å². The maximum Gasteiger partial charge on any atom is 0.231 e. The van der Waals surface area contributed by atoms with Gasteiger partial charge in [0.25, 0.3) is 0 Å². The van der Waals surface area contributed by atoms with E-state index in [0.717, 1.165) is 11.3 Å². The van der Waals surface area contributed by atoms with E-state index in [2.05, 4.69) is 40.8 Å². The Balaban J connectivity index is 1.72. The maximum absolute atomic E-state index is 12.5. The Labute approximate surface area is 154 Å². The van der Waals surface area contributed by atoms with Crippen LogP contribution < -0.4 is 5.32 Å². The fraction of sp³-hybridized carbons (Fsp3) is 0.273. The average Bonchev–Trinajstić information content (AvgIpc) is 3.17. The quantitative estimate of drug-likeness (QED) is 0.691. The first-order valence-electron chi connectivity index (χ1n) is 8.99. The molecule has 3 rings (SSSR count). The summed E-state index contributed by atoms with van der Waals surface area (Å²) in [5.41, 5.74) is 3.03. The third-order valence-corrected chi connectivity index (χ3v) is 4.69. The largest absolute Gasteiger partial charge is 0.330 e. The molecule has 4 nitrogen and oxygen atoms in total. The highest BCUT2D eigenvalue weighted by molar-refractivity contribution is 5.95. The Bertz CT molecular complexity index is 824. The summed E-state index contributed by atoms with van der Waals surface area (Å²) >= 11 is 0. The van der Waals surface area contributed by atoms with Gasteiger partial charge in [-0.25, -0.2) is 4.98 Å². The van der Waals surface area contributed by atoms with Gasteiger partial charge in [0, 0.05) is 18.1 Å². The first kappa shape index (κ1) is 17.9. The summed E-state index contributed by atoms with van der Waals surface area (Å²) in [4.78, 5) is 16.7. The number of hydrogen-bond donors (Lipinski definition) is 1. The molecule has 0 aliphatic heterocycles. The van der Waals surface area contributed by atoms with Gasteiger partial charge < -0.3 is 9.88 Å². The van der Waals surface area contributed by atoms with Gasteiger partial charge >= 0.3 is 0 Å². The molecule has 0 spiro atoms. The molecule has 1 heterocycles. The highest BCUT2D eigenvalue weighted by Gasteiger charge is 2.18. The number of nitrogens with zero attached hydrogens (tertiary/aromatic N) is 2. The number of amides is 1. The SMILES string of the molecule is CC(C(=O)Nc1ccc(C(C(C)C)n2ccnc2)cc1)c1ccccc1. The Kier molecular flexibility index (Phi) is 5.52. The Morgan fingerprint density at radius 3 is 2.23 bits per heavy atom. The fourth-order valence-corrected chi connectivity index (χ4v) is 3.24. The molecule has 1 N–H and O–H groups in total. The van der Waals surface area contributed by atoms with Gasteiger partial charge in [0.1, 0.15) is 0 Å². The molecule has 0 aliphatic carbocycles. The molecule has 2 unspecified atom stereocenters. The van der Waals surface area contributed by atoms with Crippen LogP contribution in [0.1, 0.15) is 43.9 Å². The van der Waals surface area contributed by atoms with Crippen molar-refractivity contribution in [1.82, 2.24) is 9.55 Å². The summed E-state index contributed by atoms with van der Waals surface area (Å²) in [5, 5.41) is 3.01. The molecule has 2 aromatic carbocycles. The van der Waals surface area contributed by atoms with Crippen molar-refractivity contribution in [3.63, 3.8) is 0 Å². The Morgan fingerprint density at radius 1 is 0.962 bits per heavy atom. The van der Waals surface area contributed by atoms with Crippen LogP contribution in [0.15, 0.2) is 73.3 Å². The number of hydrogen-bond acceptors (Lipinski definition) is 2. The van der Waals surface area contributed by atoms with Crippen LogP contribution in [-0.2, 0) is 4.79 Å². The summed E-state index contributed by atoms with van der Waals surface area (Å²) in [6.45, 7) is 6.32. The summed E-state index contributed by atoms with van der Waals surface area (Å²) in [5.74, 6) is 0.243. The van der Waals surface area contributed by atoms with Crippen molar-refractivity contribution in [2.45, 2.75) is 32.7 Å². The number of carbonyl (C=O) groups excluding carboxylic acids is 1. The van der Waals surface area contributed by atoms with E-state index in [1.165, 1.54) is 5.56 Å². The second-order valence-corrected chi connectivity index (χ2v) is 6.94. The van der Waals surface area contributed by atoms with Gasteiger partial charge in [-0.05, 0) is 36.1 Å². The van der Waals surface area contributed by atoms with Crippen molar-refractivity contribution in [1.29, 1.82) is 0 Å².